The highest BCUT2D eigenvalue weighted by atomic mass is 16.3. The van der Waals surface area contributed by atoms with Gasteiger partial charge in [-0.2, -0.15) is 10.2 Å². The summed E-state index contributed by atoms with van der Waals surface area (Å²) in [6.45, 7) is 0. The molecule has 5 rings (SSSR count). The summed E-state index contributed by atoms with van der Waals surface area (Å²) < 4.78 is 0. The van der Waals surface area contributed by atoms with Gasteiger partial charge in [0.25, 0.3) is 5.91 Å². The lowest BCUT2D eigenvalue weighted by atomic mass is 10.0. The molecule has 0 aliphatic heterocycles. The van der Waals surface area contributed by atoms with Crippen molar-refractivity contribution in [3.8, 4) is 5.88 Å². The van der Waals surface area contributed by atoms with Gasteiger partial charge >= 0.3 is 0 Å². The fraction of sp³-hybridized carbons (Fsp3) is 0. The molecule has 0 aliphatic rings. The van der Waals surface area contributed by atoms with Crippen LogP contribution in [0.2, 0.25) is 0 Å². The van der Waals surface area contributed by atoms with E-state index in [2.05, 4.69) is 30.7 Å². The van der Waals surface area contributed by atoms with Crippen molar-refractivity contribution in [2.24, 2.45) is 0 Å². The van der Waals surface area contributed by atoms with E-state index in [0.29, 0.717) is 5.56 Å². The van der Waals surface area contributed by atoms with Crippen molar-refractivity contribution in [3.63, 3.8) is 0 Å². The molecule has 1 amide bonds. The number of aromatic hydroxyl groups is 1. The van der Waals surface area contributed by atoms with Crippen molar-refractivity contribution in [2.75, 3.05) is 5.32 Å². The van der Waals surface area contributed by atoms with E-state index in [0.717, 1.165) is 32.7 Å². The van der Waals surface area contributed by atoms with Gasteiger partial charge in [0.15, 0.2) is 5.82 Å². The summed E-state index contributed by atoms with van der Waals surface area (Å²) in [4.78, 5) is 16.1. The Labute approximate surface area is 139 Å². The predicted molar refractivity (Wildman–Crippen MR) is 93.7 cm³/mol. The summed E-state index contributed by atoms with van der Waals surface area (Å²) in [5.41, 5.74) is 3.18. The molecule has 8 nitrogen and oxygen atoms in total. The number of amides is 1. The van der Waals surface area contributed by atoms with Crippen molar-refractivity contribution in [1.29, 1.82) is 0 Å². The number of rotatable bonds is 2. The first-order valence-corrected chi connectivity index (χ1v) is 7.63. The van der Waals surface area contributed by atoms with E-state index in [9.17, 15) is 9.90 Å². The molecule has 0 spiro atoms. The number of hydrogen-bond donors (Lipinski definition) is 5. The van der Waals surface area contributed by atoms with Gasteiger partial charge in [0.05, 0.1) is 17.2 Å². The Morgan fingerprint density at radius 1 is 1.12 bits per heavy atom. The molecule has 2 aromatic carbocycles. The number of H-pyrrole nitrogens is 3. The van der Waals surface area contributed by atoms with E-state index in [-0.39, 0.29) is 17.6 Å². The third kappa shape index (κ3) is 1.97. The second-order valence-corrected chi connectivity index (χ2v) is 5.77. The largest absolute Gasteiger partial charge is 0.494 e. The van der Waals surface area contributed by atoms with Crippen LogP contribution in [0.25, 0.3) is 32.7 Å². The first-order valence-electron chi connectivity index (χ1n) is 7.63. The van der Waals surface area contributed by atoms with Crippen molar-refractivity contribution in [2.45, 2.75) is 0 Å². The molecule has 3 heterocycles. The quantitative estimate of drug-likeness (QED) is 0.341. The minimum absolute atomic E-state index is 0.109. The van der Waals surface area contributed by atoms with E-state index in [1.54, 1.807) is 12.3 Å². The smallest absolute Gasteiger partial charge is 0.257 e. The van der Waals surface area contributed by atoms with Gasteiger partial charge in [-0.15, -0.1) is 0 Å². The Morgan fingerprint density at radius 3 is 2.88 bits per heavy atom. The van der Waals surface area contributed by atoms with E-state index in [1.165, 1.54) is 6.07 Å². The van der Waals surface area contributed by atoms with Crippen LogP contribution in [0, 0.1) is 0 Å². The number of anilines is 1. The van der Waals surface area contributed by atoms with Crippen molar-refractivity contribution in [1.82, 2.24) is 25.4 Å². The number of carbonyl (C=O) groups excluding carboxylic acids is 1. The number of nitrogens with one attached hydrogen (secondary N) is 4. The second kappa shape index (κ2) is 4.84. The van der Waals surface area contributed by atoms with Gasteiger partial charge in [-0.1, -0.05) is 18.2 Å². The molecular weight excluding hydrogens is 320 g/mol. The Kier molecular flexibility index (Phi) is 2.64. The van der Waals surface area contributed by atoms with Crippen LogP contribution in [0.4, 0.5) is 5.82 Å². The van der Waals surface area contributed by atoms with E-state index < -0.39 is 0 Å². The van der Waals surface area contributed by atoms with Crippen LogP contribution in [-0.2, 0) is 0 Å². The monoisotopic (exact) mass is 332 g/mol. The minimum atomic E-state index is -0.303. The van der Waals surface area contributed by atoms with Gasteiger partial charge in [-0.3, -0.25) is 9.89 Å². The van der Waals surface area contributed by atoms with Crippen LogP contribution in [0.5, 0.6) is 5.88 Å². The zero-order chi connectivity index (χ0) is 17.0. The van der Waals surface area contributed by atoms with Crippen LogP contribution < -0.4 is 5.32 Å². The number of hydrogen-bond acceptors (Lipinski definition) is 4. The van der Waals surface area contributed by atoms with Gasteiger partial charge in [-0.05, 0) is 12.1 Å². The van der Waals surface area contributed by atoms with Crippen LogP contribution in [0.3, 0.4) is 0 Å². The van der Waals surface area contributed by atoms with Gasteiger partial charge < -0.3 is 15.4 Å². The highest BCUT2D eigenvalue weighted by Crippen LogP contribution is 2.32. The van der Waals surface area contributed by atoms with Gasteiger partial charge in [0.2, 0.25) is 5.88 Å². The second-order valence-electron chi connectivity index (χ2n) is 5.77. The molecule has 8 heteroatoms. The van der Waals surface area contributed by atoms with E-state index in [4.69, 9.17) is 0 Å². The fourth-order valence-corrected chi connectivity index (χ4v) is 3.18. The molecule has 5 aromatic rings. The third-order valence-electron chi connectivity index (χ3n) is 4.26. The number of aromatic nitrogens is 5. The molecule has 3 aromatic heterocycles. The fourth-order valence-electron chi connectivity index (χ4n) is 3.18. The lowest BCUT2D eigenvalue weighted by molar-refractivity contribution is 0.102. The Balaban J connectivity index is 1.72. The molecule has 0 unspecified atom stereocenters. The minimum Gasteiger partial charge on any atom is -0.494 e. The molecular formula is C17H12N6O2. The molecule has 0 saturated carbocycles. The molecule has 0 atom stereocenters. The molecule has 0 fully saturated rings. The summed E-state index contributed by atoms with van der Waals surface area (Å²) in [6, 6.07) is 10.8. The SMILES string of the molecule is O=C(Nc1cc(O)[nH]n1)c1cccc2[nH]c3c(ccc4cn[nH]c43)c12. The van der Waals surface area contributed by atoms with Crippen molar-refractivity contribution < 1.29 is 9.90 Å². The van der Waals surface area contributed by atoms with Crippen LogP contribution in [0.15, 0.2) is 42.6 Å². The molecule has 5 N–H and O–H groups in total. The molecule has 0 radical (unpaired) electrons. The van der Waals surface area contributed by atoms with Crippen LogP contribution in [0.1, 0.15) is 10.4 Å². The number of benzene rings is 2. The first-order chi connectivity index (χ1) is 12.2. The Morgan fingerprint density at radius 2 is 2.04 bits per heavy atom. The maximum atomic E-state index is 12.7. The maximum absolute atomic E-state index is 12.7. The molecule has 122 valence electrons. The summed E-state index contributed by atoms with van der Waals surface area (Å²) >= 11 is 0. The number of aromatic amines is 3. The molecule has 0 saturated heterocycles. The van der Waals surface area contributed by atoms with E-state index in [1.807, 2.05) is 24.3 Å². The van der Waals surface area contributed by atoms with Crippen LogP contribution in [-0.4, -0.2) is 36.4 Å². The first kappa shape index (κ1) is 13.6. The van der Waals surface area contributed by atoms with Crippen molar-refractivity contribution in [3.05, 3.63) is 48.2 Å². The summed E-state index contributed by atoms with van der Waals surface area (Å²) in [6.07, 6.45) is 1.76. The summed E-state index contributed by atoms with van der Waals surface area (Å²) in [5, 5.41) is 28.0. The topological polar surface area (TPSA) is 122 Å². The van der Waals surface area contributed by atoms with E-state index >= 15 is 0 Å². The normalized spacial score (nSPS) is 11.5. The molecule has 25 heavy (non-hydrogen) atoms. The maximum Gasteiger partial charge on any atom is 0.257 e. The summed E-state index contributed by atoms with van der Waals surface area (Å²) in [5.74, 6) is -0.153. The van der Waals surface area contributed by atoms with Gasteiger partial charge in [0.1, 0.15) is 0 Å². The lowest BCUT2D eigenvalue weighted by Crippen LogP contribution is -2.12. The number of nitrogens with zero attached hydrogens (tertiary/aromatic N) is 2. The lowest BCUT2D eigenvalue weighted by Gasteiger charge is -2.04. The Hall–Kier alpha value is -3.81. The number of fused-ring (bicyclic) bond motifs is 5. The third-order valence-corrected chi connectivity index (χ3v) is 4.26. The van der Waals surface area contributed by atoms with Crippen molar-refractivity contribution >= 4 is 44.4 Å². The average Bonchev–Trinajstić information content (AvgIpc) is 3.31. The van der Waals surface area contributed by atoms with Gasteiger partial charge in [0, 0.05) is 33.3 Å². The summed E-state index contributed by atoms with van der Waals surface area (Å²) in [7, 11) is 0. The predicted octanol–water partition coefficient (Wildman–Crippen LogP) is 2.88. The average molecular weight is 332 g/mol. The zero-order valence-electron chi connectivity index (χ0n) is 12.8. The number of carbonyl (C=O) groups is 1. The van der Waals surface area contributed by atoms with Crippen LogP contribution >= 0.6 is 0 Å². The standard InChI is InChI=1S/C17H12N6O2/c24-13-6-12(21-22-13)20-17(25)10-2-1-3-11-14(10)9-5-4-8-7-18-23-15(8)16(9)19-11/h1-7,19H,(H,18,23)(H3,20,21,22,24,25). The zero-order valence-corrected chi connectivity index (χ0v) is 12.8. The molecule has 0 bridgehead atoms. The van der Waals surface area contributed by atoms with Gasteiger partial charge in [-0.25, -0.2) is 5.10 Å². The Bertz CT molecular complexity index is 1260. The molecule has 0 aliphatic carbocycles. The highest BCUT2D eigenvalue weighted by Gasteiger charge is 2.17. The highest BCUT2D eigenvalue weighted by molar-refractivity contribution is 6.23.